The molecule has 2 nitrogen and oxygen atoms in total. The number of nitrogens with two attached hydrogens (primary N) is 1. The molecule has 1 fully saturated rings. The highest BCUT2D eigenvalue weighted by Gasteiger charge is 2.28. The summed E-state index contributed by atoms with van der Waals surface area (Å²) in [6, 6.07) is 4.81. The second-order valence-corrected chi connectivity index (χ2v) is 5.98. The normalized spacial score (nSPS) is 24.4. The van der Waals surface area contributed by atoms with Crippen molar-refractivity contribution in [3.8, 4) is 5.75 Å². The highest BCUT2D eigenvalue weighted by atomic mass is 19.1. The third-order valence-electron chi connectivity index (χ3n) is 4.55. The van der Waals surface area contributed by atoms with E-state index in [1.54, 1.807) is 12.1 Å². The van der Waals surface area contributed by atoms with Crippen LogP contribution in [0.1, 0.15) is 51.0 Å². The largest absolute Gasteiger partial charge is 0.494 e. The lowest BCUT2D eigenvalue weighted by Crippen LogP contribution is -2.26. The predicted molar refractivity (Wildman–Crippen MR) is 80.5 cm³/mol. The summed E-state index contributed by atoms with van der Waals surface area (Å²) in [5.41, 5.74) is 6.96. The minimum Gasteiger partial charge on any atom is -0.494 e. The molecular weight excluding hydrogens is 253 g/mol. The third-order valence-corrected chi connectivity index (χ3v) is 4.55. The summed E-state index contributed by atoms with van der Waals surface area (Å²) in [5.74, 6) is 2.16. The lowest BCUT2D eigenvalue weighted by molar-refractivity contribution is 0.250. The van der Waals surface area contributed by atoms with Gasteiger partial charge >= 0.3 is 0 Å². The first-order chi connectivity index (χ1) is 9.65. The number of halogens is 1. The summed E-state index contributed by atoms with van der Waals surface area (Å²) in [6.45, 7) is 5.41. The molecule has 1 atom stereocenters. The van der Waals surface area contributed by atoms with Crippen molar-refractivity contribution in [3.63, 3.8) is 0 Å². The Morgan fingerprint density at radius 2 is 2.00 bits per heavy atom. The molecule has 3 heteroatoms. The minimum atomic E-state index is -0.203. The fourth-order valence-electron chi connectivity index (χ4n) is 3.36. The Morgan fingerprint density at radius 1 is 1.30 bits per heavy atom. The van der Waals surface area contributed by atoms with Gasteiger partial charge in [0.2, 0.25) is 0 Å². The zero-order valence-corrected chi connectivity index (χ0v) is 12.6. The first-order valence-corrected chi connectivity index (χ1v) is 7.78. The van der Waals surface area contributed by atoms with E-state index in [0.717, 1.165) is 17.2 Å². The molecule has 2 N–H and O–H groups in total. The van der Waals surface area contributed by atoms with Crippen LogP contribution in [-0.2, 0) is 0 Å². The van der Waals surface area contributed by atoms with Gasteiger partial charge in [0.15, 0.2) is 0 Å². The van der Waals surface area contributed by atoms with Crippen LogP contribution in [-0.4, -0.2) is 13.2 Å². The van der Waals surface area contributed by atoms with Crippen molar-refractivity contribution in [2.45, 2.75) is 45.4 Å². The number of benzene rings is 1. The van der Waals surface area contributed by atoms with E-state index in [9.17, 15) is 4.39 Å². The Hall–Kier alpha value is -1.09. The Balaban J connectivity index is 2.23. The topological polar surface area (TPSA) is 35.2 Å². The molecule has 0 bridgehead atoms. The van der Waals surface area contributed by atoms with E-state index in [0.29, 0.717) is 19.1 Å². The molecule has 0 radical (unpaired) electrons. The van der Waals surface area contributed by atoms with Crippen molar-refractivity contribution in [1.29, 1.82) is 0 Å². The van der Waals surface area contributed by atoms with Crippen molar-refractivity contribution in [3.05, 3.63) is 29.6 Å². The van der Waals surface area contributed by atoms with Crippen LogP contribution in [0.2, 0.25) is 0 Å². The Kier molecular flexibility index (Phi) is 5.41. The lowest BCUT2D eigenvalue weighted by atomic mass is 9.74. The van der Waals surface area contributed by atoms with Crippen LogP contribution >= 0.6 is 0 Å². The van der Waals surface area contributed by atoms with Gasteiger partial charge in [-0.1, -0.05) is 19.8 Å². The van der Waals surface area contributed by atoms with E-state index in [1.165, 1.54) is 31.7 Å². The molecule has 20 heavy (non-hydrogen) atoms. The maximum atomic E-state index is 13.6. The van der Waals surface area contributed by atoms with Crippen molar-refractivity contribution < 1.29 is 9.13 Å². The Morgan fingerprint density at radius 3 is 2.60 bits per heavy atom. The Labute approximate surface area is 121 Å². The van der Waals surface area contributed by atoms with E-state index >= 15 is 0 Å². The molecule has 0 amide bonds. The maximum absolute atomic E-state index is 13.6. The van der Waals surface area contributed by atoms with Gasteiger partial charge in [0.25, 0.3) is 0 Å². The van der Waals surface area contributed by atoms with Crippen molar-refractivity contribution in [2.24, 2.45) is 17.6 Å². The summed E-state index contributed by atoms with van der Waals surface area (Å²) in [6.07, 6.45) is 4.87. The molecule has 0 saturated heterocycles. The molecule has 0 aliphatic heterocycles. The van der Waals surface area contributed by atoms with E-state index in [2.05, 4.69) is 6.92 Å². The van der Waals surface area contributed by atoms with E-state index in [1.807, 2.05) is 6.92 Å². The van der Waals surface area contributed by atoms with Gasteiger partial charge in [0.05, 0.1) is 6.61 Å². The van der Waals surface area contributed by atoms with Crippen molar-refractivity contribution in [2.75, 3.05) is 13.2 Å². The summed E-state index contributed by atoms with van der Waals surface area (Å²) in [5, 5.41) is 0. The average molecular weight is 279 g/mol. The van der Waals surface area contributed by atoms with Crippen LogP contribution in [0.25, 0.3) is 0 Å². The quantitative estimate of drug-likeness (QED) is 0.881. The van der Waals surface area contributed by atoms with Crippen molar-refractivity contribution >= 4 is 0 Å². The summed E-state index contributed by atoms with van der Waals surface area (Å²) >= 11 is 0. The van der Waals surface area contributed by atoms with Crippen LogP contribution in [0.4, 0.5) is 4.39 Å². The number of rotatable bonds is 5. The molecule has 1 aliphatic rings. The highest BCUT2D eigenvalue weighted by molar-refractivity contribution is 5.37. The van der Waals surface area contributed by atoms with Crippen LogP contribution in [0.5, 0.6) is 5.75 Å². The minimum absolute atomic E-state index is 0.203. The SMILES string of the molecule is CCOc1ccc(F)cc1C(CN)C1CCC(C)CC1. The molecular formula is C17H26FNO. The zero-order chi connectivity index (χ0) is 14.5. The first-order valence-electron chi connectivity index (χ1n) is 7.78. The molecule has 0 heterocycles. The molecule has 1 saturated carbocycles. The fourth-order valence-corrected chi connectivity index (χ4v) is 3.36. The highest BCUT2D eigenvalue weighted by Crippen LogP contribution is 2.40. The van der Waals surface area contributed by atoms with Gasteiger partial charge < -0.3 is 10.5 Å². The lowest BCUT2D eigenvalue weighted by Gasteiger charge is -2.33. The second-order valence-electron chi connectivity index (χ2n) is 5.98. The van der Waals surface area contributed by atoms with Gasteiger partial charge in [-0.3, -0.25) is 0 Å². The summed E-state index contributed by atoms with van der Waals surface area (Å²) in [7, 11) is 0. The maximum Gasteiger partial charge on any atom is 0.123 e. The van der Waals surface area contributed by atoms with Gasteiger partial charge in [-0.15, -0.1) is 0 Å². The van der Waals surface area contributed by atoms with Crippen LogP contribution in [0.15, 0.2) is 18.2 Å². The number of hydrogen-bond acceptors (Lipinski definition) is 2. The van der Waals surface area contributed by atoms with E-state index < -0.39 is 0 Å². The number of ether oxygens (including phenoxy) is 1. The standard InChI is InChI=1S/C17H26FNO/c1-3-20-17-9-8-14(18)10-15(17)16(11-19)13-6-4-12(2)5-7-13/h8-10,12-13,16H,3-7,11,19H2,1-2H3. The van der Waals surface area contributed by atoms with Crippen molar-refractivity contribution in [1.82, 2.24) is 0 Å². The Bertz CT molecular complexity index is 427. The predicted octanol–water partition coefficient (Wildman–Crippen LogP) is 4.09. The molecule has 1 aromatic carbocycles. The summed E-state index contributed by atoms with van der Waals surface area (Å²) < 4.78 is 19.3. The molecule has 1 unspecified atom stereocenters. The molecule has 0 aromatic heterocycles. The smallest absolute Gasteiger partial charge is 0.123 e. The first kappa shape index (κ1) is 15.3. The van der Waals surface area contributed by atoms with Crippen LogP contribution < -0.4 is 10.5 Å². The van der Waals surface area contributed by atoms with E-state index in [4.69, 9.17) is 10.5 Å². The van der Waals surface area contributed by atoms with Gasteiger partial charge in [-0.05, 0) is 56.3 Å². The van der Waals surface area contributed by atoms with Gasteiger partial charge in [-0.2, -0.15) is 0 Å². The summed E-state index contributed by atoms with van der Waals surface area (Å²) in [4.78, 5) is 0. The van der Waals surface area contributed by atoms with E-state index in [-0.39, 0.29) is 11.7 Å². The monoisotopic (exact) mass is 279 g/mol. The molecule has 1 aromatic rings. The molecule has 0 spiro atoms. The number of hydrogen-bond donors (Lipinski definition) is 1. The van der Waals surface area contributed by atoms with Crippen LogP contribution in [0, 0.1) is 17.7 Å². The molecule has 112 valence electrons. The second kappa shape index (κ2) is 7.07. The third kappa shape index (κ3) is 3.51. The molecule has 1 aliphatic carbocycles. The zero-order valence-electron chi connectivity index (χ0n) is 12.6. The average Bonchev–Trinajstić information content (AvgIpc) is 2.45. The van der Waals surface area contributed by atoms with Gasteiger partial charge in [-0.25, -0.2) is 4.39 Å². The van der Waals surface area contributed by atoms with Crippen LogP contribution in [0.3, 0.4) is 0 Å². The molecule has 2 rings (SSSR count). The van der Waals surface area contributed by atoms with Gasteiger partial charge in [0, 0.05) is 11.5 Å². The fraction of sp³-hybridized carbons (Fsp3) is 0.647. The van der Waals surface area contributed by atoms with Gasteiger partial charge in [0.1, 0.15) is 11.6 Å².